The van der Waals surface area contributed by atoms with Crippen LogP contribution in [0.4, 0.5) is 0 Å². The number of Topliss-reactive ketones (excluding diaryl/α,β-unsaturated/α-hetero) is 2. The fourth-order valence-electron chi connectivity index (χ4n) is 2.06. The standard InChI is InChI=1S/C16H26N4O10S2/c17-7(11(23)24)1-3-9(21)15(19,13(27)28)5-31-32-6-16(20,14(29)30)10(22)4-2-8(18)12(25)26/h7-8H,1-6,17-20H2,(H,23,24)(H,25,26)(H,27,28)(H,29,30)/t7-,8-,15+,16+/m0/s1. The molecule has 0 aliphatic heterocycles. The van der Waals surface area contributed by atoms with Crippen LogP contribution < -0.4 is 22.9 Å². The molecule has 0 saturated heterocycles. The molecule has 4 atom stereocenters. The third kappa shape index (κ3) is 8.36. The summed E-state index contributed by atoms with van der Waals surface area (Å²) >= 11 is 0. The summed E-state index contributed by atoms with van der Waals surface area (Å²) in [4.78, 5) is 68.9. The number of carbonyl (C=O) groups excluding carboxylic acids is 2. The van der Waals surface area contributed by atoms with Gasteiger partial charge in [-0.05, 0) is 12.8 Å². The molecular formula is C16H26N4O10S2. The van der Waals surface area contributed by atoms with E-state index < -0.39 is 83.0 Å². The zero-order valence-corrected chi connectivity index (χ0v) is 18.4. The number of carboxylic acids is 4. The second-order valence-corrected chi connectivity index (χ2v) is 9.35. The number of nitrogens with two attached hydrogens (primary N) is 4. The van der Waals surface area contributed by atoms with Gasteiger partial charge in [0.05, 0.1) is 0 Å². The number of carbonyl (C=O) groups is 6. The molecule has 182 valence electrons. The number of carboxylic acid groups (broad SMARTS) is 4. The Morgan fingerprint density at radius 1 is 0.656 bits per heavy atom. The van der Waals surface area contributed by atoms with Crippen LogP contribution in [-0.2, 0) is 28.8 Å². The molecule has 0 rings (SSSR count). The molecule has 0 aliphatic carbocycles. The highest BCUT2D eigenvalue weighted by Gasteiger charge is 2.44. The minimum atomic E-state index is -2.41. The second-order valence-electron chi connectivity index (χ2n) is 6.89. The molecule has 0 aliphatic rings. The van der Waals surface area contributed by atoms with Crippen LogP contribution in [0.1, 0.15) is 25.7 Å². The third-order valence-corrected chi connectivity index (χ3v) is 6.93. The number of rotatable bonds is 17. The van der Waals surface area contributed by atoms with Gasteiger partial charge < -0.3 is 43.4 Å². The van der Waals surface area contributed by atoms with Gasteiger partial charge in [-0.15, -0.1) is 0 Å². The van der Waals surface area contributed by atoms with E-state index in [2.05, 4.69) is 0 Å². The summed E-state index contributed by atoms with van der Waals surface area (Å²) in [6.07, 6.45) is -1.70. The minimum Gasteiger partial charge on any atom is -0.480 e. The molecule has 0 aromatic carbocycles. The topological polar surface area (TPSA) is 287 Å². The van der Waals surface area contributed by atoms with Gasteiger partial charge in [-0.3, -0.25) is 19.2 Å². The fourth-order valence-corrected chi connectivity index (χ4v) is 4.78. The van der Waals surface area contributed by atoms with Crippen molar-refractivity contribution < 1.29 is 49.2 Å². The van der Waals surface area contributed by atoms with Crippen LogP contribution in [-0.4, -0.2) is 90.5 Å². The average Bonchev–Trinajstić information content (AvgIpc) is 2.71. The van der Waals surface area contributed by atoms with E-state index in [-0.39, 0.29) is 12.8 Å². The summed E-state index contributed by atoms with van der Waals surface area (Å²) in [6.45, 7) is 0. The molecular weight excluding hydrogens is 472 g/mol. The Kier molecular flexibility index (Phi) is 11.8. The van der Waals surface area contributed by atoms with Crippen molar-refractivity contribution in [3.63, 3.8) is 0 Å². The lowest BCUT2D eigenvalue weighted by molar-refractivity contribution is -0.149. The van der Waals surface area contributed by atoms with Gasteiger partial charge >= 0.3 is 23.9 Å². The van der Waals surface area contributed by atoms with Crippen molar-refractivity contribution in [3.05, 3.63) is 0 Å². The molecule has 0 saturated carbocycles. The Morgan fingerprint density at radius 2 is 0.938 bits per heavy atom. The molecule has 0 spiro atoms. The molecule has 0 bridgehead atoms. The Hall–Kier alpha value is -2.24. The van der Waals surface area contributed by atoms with Gasteiger partial charge in [-0.1, -0.05) is 21.6 Å². The first-order valence-electron chi connectivity index (χ1n) is 8.92. The van der Waals surface area contributed by atoms with Crippen LogP contribution in [0.15, 0.2) is 0 Å². The number of ketones is 2. The van der Waals surface area contributed by atoms with Crippen LogP contribution in [0, 0.1) is 0 Å². The SMILES string of the molecule is N[C@@H](CCC(=O)[C@](N)(CSSC[C@](N)(C(=O)O)C(=O)CC[C@H](N)C(=O)O)C(=O)O)C(=O)O. The quantitative estimate of drug-likeness (QED) is 0.0581. The molecule has 32 heavy (non-hydrogen) atoms. The average molecular weight is 499 g/mol. The molecule has 14 nitrogen and oxygen atoms in total. The number of hydrogen-bond donors (Lipinski definition) is 8. The zero-order valence-electron chi connectivity index (χ0n) is 16.8. The Bertz CT molecular complexity index is 705. The van der Waals surface area contributed by atoms with E-state index in [0.717, 1.165) is 0 Å². The van der Waals surface area contributed by atoms with Crippen LogP contribution in [0.25, 0.3) is 0 Å². The molecule has 0 radical (unpaired) electrons. The van der Waals surface area contributed by atoms with Crippen molar-refractivity contribution in [2.24, 2.45) is 22.9 Å². The lowest BCUT2D eigenvalue weighted by atomic mass is 9.93. The Morgan fingerprint density at radius 3 is 1.16 bits per heavy atom. The molecule has 0 aromatic rings. The van der Waals surface area contributed by atoms with Gasteiger partial charge in [0.25, 0.3) is 0 Å². The van der Waals surface area contributed by atoms with Crippen molar-refractivity contribution in [2.45, 2.75) is 48.8 Å². The van der Waals surface area contributed by atoms with Crippen molar-refractivity contribution in [3.8, 4) is 0 Å². The lowest BCUT2D eigenvalue weighted by Gasteiger charge is -2.25. The normalized spacial score (nSPS) is 16.8. The predicted octanol–water partition coefficient (Wildman–Crippen LogP) is -2.55. The first kappa shape index (κ1) is 29.8. The van der Waals surface area contributed by atoms with Gasteiger partial charge in [-0.2, -0.15) is 0 Å². The predicted molar refractivity (Wildman–Crippen MR) is 114 cm³/mol. The Labute approximate surface area is 189 Å². The van der Waals surface area contributed by atoms with E-state index in [1.54, 1.807) is 0 Å². The number of hydrogen-bond acceptors (Lipinski definition) is 12. The second kappa shape index (κ2) is 12.7. The zero-order chi connectivity index (χ0) is 25.3. The van der Waals surface area contributed by atoms with Crippen LogP contribution in [0.5, 0.6) is 0 Å². The van der Waals surface area contributed by atoms with E-state index in [9.17, 15) is 39.0 Å². The summed E-state index contributed by atoms with van der Waals surface area (Å²) in [5, 5.41) is 36.1. The van der Waals surface area contributed by atoms with Gasteiger partial charge in [0, 0.05) is 24.3 Å². The molecule has 0 unspecified atom stereocenters. The molecule has 0 amide bonds. The smallest absolute Gasteiger partial charge is 0.332 e. The van der Waals surface area contributed by atoms with Gasteiger partial charge in [0.2, 0.25) is 0 Å². The van der Waals surface area contributed by atoms with Gasteiger partial charge in [-0.25, -0.2) is 9.59 Å². The fraction of sp³-hybridized carbons (Fsp3) is 0.625. The molecule has 12 N–H and O–H groups in total. The first-order valence-corrected chi connectivity index (χ1v) is 11.4. The summed E-state index contributed by atoms with van der Waals surface area (Å²) < 4.78 is 0. The lowest BCUT2D eigenvalue weighted by Crippen LogP contribution is -2.58. The van der Waals surface area contributed by atoms with Gasteiger partial charge in [0.1, 0.15) is 12.1 Å². The highest BCUT2D eigenvalue weighted by atomic mass is 33.1. The summed E-state index contributed by atoms with van der Waals surface area (Å²) in [7, 11) is 1.35. The van der Waals surface area contributed by atoms with E-state index in [1.807, 2.05) is 0 Å². The Balaban J connectivity index is 5.02. The third-order valence-electron chi connectivity index (χ3n) is 4.41. The molecule has 16 heteroatoms. The van der Waals surface area contributed by atoms with Crippen LogP contribution >= 0.6 is 21.6 Å². The largest absolute Gasteiger partial charge is 0.480 e. The van der Waals surface area contributed by atoms with Crippen molar-refractivity contribution >= 4 is 57.0 Å². The van der Waals surface area contributed by atoms with E-state index in [0.29, 0.717) is 21.6 Å². The highest BCUT2D eigenvalue weighted by Crippen LogP contribution is 2.30. The maximum absolute atomic E-state index is 12.2. The first-order chi connectivity index (χ1) is 14.6. The van der Waals surface area contributed by atoms with Crippen molar-refractivity contribution in [2.75, 3.05) is 11.5 Å². The monoisotopic (exact) mass is 498 g/mol. The van der Waals surface area contributed by atoms with Crippen molar-refractivity contribution in [1.82, 2.24) is 0 Å². The molecule has 0 aromatic heterocycles. The number of aliphatic carboxylic acids is 4. The maximum Gasteiger partial charge on any atom is 0.332 e. The summed E-state index contributed by atoms with van der Waals surface area (Å²) in [6, 6.07) is -2.76. The van der Waals surface area contributed by atoms with E-state index >= 15 is 0 Å². The summed E-state index contributed by atoms with van der Waals surface area (Å²) in [5.41, 5.74) is 17.1. The van der Waals surface area contributed by atoms with Crippen LogP contribution in [0.3, 0.4) is 0 Å². The molecule has 0 fully saturated rings. The minimum absolute atomic E-state index is 0.337. The highest BCUT2D eigenvalue weighted by molar-refractivity contribution is 8.76. The van der Waals surface area contributed by atoms with E-state index in [4.69, 9.17) is 33.1 Å². The molecule has 0 heterocycles. The van der Waals surface area contributed by atoms with Gasteiger partial charge in [0.15, 0.2) is 22.6 Å². The maximum atomic E-state index is 12.2. The van der Waals surface area contributed by atoms with Crippen molar-refractivity contribution in [1.29, 1.82) is 0 Å². The summed E-state index contributed by atoms with van der Waals surface area (Å²) in [5.74, 6) is -9.16. The van der Waals surface area contributed by atoms with Crippen LogP contribution in [0.2, 0.25) is 0 Å². The van der Waals surface area contributed by atoms with E-state index in [1.165, 1.54) is 0 Å².